The third-order valence-electron chi connectivity index (χ3n) is 2.30. The molecule has 0 radical (unpaired) electrons. The summed E-state index contributed by atoms with van der Waals surface area (Å²) in [7, 11) is -3.83. The van der Waals surface area contributed by atoms with E-state index in [1.165, 1.54) is 0 Å². The van der Waals surface area contributed by atoms with Gasteiger partial charge < -0.3 is 9.47 Å². The van der Waals surface area contributed by atoms with Gasteiger partial charge in [-0.3, -0.25) is 9.59 Å². The van der Waals surface area contributed by atoms with Gasteiger partial charge in [0, 0.05) is 11.5 Å². The minimum atomic E-state index is -3.83. The first-order chi connectivity index (χ1) is 10.4. The van der Waals surface area contributed by atoms with Gasteiger partial charge in [0.1, 0.15) is 6.04 Å². The number of esters is 2. The Bertz CT molecular complexity index is 515. The van der Waals surface area contributed by atoms with E-state index in [0.717, 1.165) is 0 Å². The molecule has 11 heteroatoms. The number of rotatable bonds is 11. The second-order valence-corrected chi connectivity index (χ2v) is 5.93. The van der Waals surface area contributed by atoms with E-state index in [2.05, 4.69) is 14.7 Å². The van der Waals surface area contributed by atoms with Crippen LogP contribution in [-0.4, -0.2) is 51.9 Å². The van der Waals surface area contributed by atoms with Crippen LogP contribution in [-0.2, 0) is 29.1 Å². The van der Waals surface area contributed by atoms with Gasteiger partial charge >= 0.3 is 11.9 Å². The van der Waals surface area contributed by atoms with Gasteiger partial charge in [-0.25, -0.2) is 13.1 Å². The monoisotopic (exact) mass is 336 g/mol. The Morgan fingerprint density at radius 3 is 2.45 bits per heavy atom. The molecule has 10 nitrogen and oxygen atoms in total. The second kappa shape index (κ2) is 10.8. The number of carbonyl (C=O) groups is 2. The van der Waals surface area contributed by atoms with E-state index in [0.29, 0.717) is 0 Å². The van der Waals surface area contributed by atoms with E-state index >= 15 is 0 Å². The molecular weight excluding hydrogens is 316 g/mol. The third-order valence-corrected chi connectivity index (χ3v) is 3.77. The smallest absolute Gasteiger partial charge is 0.324 e. The lowest BCUT2D eigenvalue weighted by molar-refractivity contribution is -0.151. The topological polar surface area (TPSA) is 148 Å². The van der Waals surface area contributed by atoms with Crippen molar-refractivity contribution in [3.63, 3.8) is 0 Å². The van der Waals surface area contributed by atoms with E-state index in [1.807, 2.05) is 0 Å². The maximum Gasteiger partial charge on any atom is 0.324 e. The molecule has 0 saturated heterocycles. The molecular formula is C11H20N4O6S. The predicted octanol–water partition coefficient (Wildman–Crippen LogP) is 0.491. The molecule has 0 saturated carbocycles. The highest BCUT2D eigenvalue weighted by Crippen LogP contribution is 2.03. The molecule has 0 fully saturated rings. The van der Waals surface area contributed by atoms with Gasteiger partial charge in [0.05, 0.1) is 25.4 Å². The maximum atomic E-state index is 11.8. The number of hydrogen-bond acceptors (Lipinski definition) is 7. The van der Waals surface area contributed by atoms with Crippen molar-refractivity contribution in [2.24, 2.45) is 5.11 Å². The van der Waals surface area contributed by atoms with Crippen molar-refractivity contribution in [1.29, 1.82) is 0 Å². The van der Waals surface area contributed by atoms with Crippen LogP contribution in [0.5, 0.6) is 0 Å². The molecule has 126 valence electrons. The third kappa shape index (κ3) is 9.16. The van der Waals surface area contributed by atoms with Crippen LogP contribution in [0.15, 0.2) is 5.11 Å². The lowest BCUT2D eigenvalue weighted by Crippen LogP contribution is -2.44. The highest BCUT2D eigenvalue weighted by molar-refractivity contribution is 7.89. The number of nitrogens with one attached hydrogen (secondary N) is 1. The Kier molecular flexibility index (Phi) is 9.92. The molecule has 0 heterocycles. The molecule has 0 aliphatic heterocycles. The van der Waals surface area contributed by atoms with E-state index in [-0.39, 0.29) is 31.9 Å². The van der Waals surface area contributed by atoms with Crippen molar-refractivity contribution in [3.8, 4) is 0 Å². The van der Waals surface area contributed by atoms with Gasteiger partial charge in [-0.05, 0) is 25.8 Å². The molecule has 1 atom stereocenters. The quantitative estimate of drug-likeness (QED) is 0.191. The first kappa shape index (κ1) is 20.2. The largest absolute Gasteiger partial charge is 0.466 e. The molecule has 1 N–H and O–H groups in total. The average Bonchev–Trinajstić information content (AvgIpc) is 2.43. The van der Waals surface area contributed by atoms with Crippen molar-refractivity contribution in [1.82, 2.24) is 4.72 Å². The lowest BCUT2D eigenvalue weighted by atomic mass is 10.2. The number of ether oxygens (including phenoxy) is 2. The summed E-state index contributed by atoms with van der Waals surface area (Å²) in [5, 5.41) is 3.21. The number of nitrogens with zero attached hydrogens (tertiary/aromatic N) is 3. The van der Waals surface area contributed by atoms with E-state index < -0.39 is 34.4 Å². The van der Waals surface area contributed by atoms with Crippen molar-refractivity contribution in [3.05, 3.63) is 10.4 Å². The summed E-state index contributed by atoms with van der Waals surface area (Å²) in [5.41, 5.74) is 8.10. The molecule has 0 amide bonds. The summed E-state index contributed by atoms with van der Waals surface area (Å²) in [6.45, 7) is 3.34. The van der Waals surface area contributed by atoms with E-state index in [9.17, 15) is 18.0 Å². The maximum absolute atomic E-state index is 11.8. The summed E-state index contributed by atoms with van der Waals surface area (Å²) in [5.74, 6) is -1.91. The molecule has 0 aromatic rings. The van der Waals surface area contributed by atoms with Crippen molar-refractivity contribution < 1.29 is 27.5 Å². The molecule has 0 spiro atoms. The lowest BCUT2D eigenvalue weighted by Gasteiger charge is -2.16. The average molecular weight is 336 g/mol. The fraction of sp³-hybridized carbons (Fsp3) is 0.818. The molecule has 0 aliphatic carbocycles. The minimum Gasteiger partial charge on any atom is -0.466 e. The Labute approximate surface area is 128 Å². The Balaban J connectivity index is 4.75. The van der Waals surface area contributed by atoms with Crippen LogP contribution in [0.25, 0.3) is 10.4 Å². The second-order valence-electron chi connectivity index (χ2n) is 4.06. The fourth-order valence-electron chi connectivity index (χ4n) is 1.45. The number of carbonyl (C=O) groups excluding carboxylic acids is 2. The summed E-state index contributed by atoms with van der Waals surface area (Å²) < 4.78 is 35.2. The van der Waals surface area contributed by atoms with Crippen molar-refractivity contribution >= 4 is 22.0 Å². The van der Waals surface area contributed by atoms with E-state index in [1.54, 1.807) is 13.8 Å². The zero-order valence-electron chi connectivity index (χ0n) is 12.5. The van der Waals surface area contributed by atoms with Crippen molar-refractivity contribution in [2.45, 2.75) is 32.7 Å². The highest BCUT2D eigenvalue weighted by atomic mass is 32.2. The summed E-state index contributed by atoms with van der Waals surface area (Å²) in [4.78, 5) is 25.6. The van der Waals surface area contributed by atoms with Crippen LogP contribution in [0.3, 0.4) is 0 Å². The minimum absolute atomic E-state index is 0.0133. The zero-order chi connectivity index (χ0) is 17.0. The van der Waals surface area contributed by atoms with Gasteiger partial charge in [0.15, 0.2) is 0 Å². The Morgan fingerprint density at radius 2 is 1.91 bits per heavy atom. The molecule has 0 aromatic carbocycles. The van der Waals surface area contributed by atoms with Crippen LogP contribution in [0, 0.1) is 0 Å². The summed E-state index contributed by atoms with van der Waals surface area (Å²) in [6, 6.07) is -1.34. The summed E-state index contributed by atoms with van der Waals surface area (Å²) >= 11 is 0. The molecule has 0 rings (SSSR count). The van der Waals surface area contributed by atoms with Crippen LogP contribution >= 0.6 is 0 Å². The Hall–Kier alpha value is -1.84. The van der Waals surface area contributed by atoms with Crippen LogP contribution in [0.1, 0.15) is 26.7 Å². The van der Waals surface area contributed by atoms with Gasteiger partial charge in [0.25, 0.3) is 0 Å². The van der Waals surface area contributed by atoms with Crippen molar-refractivity contribution in [2.75, 3.05) is 25.5 Å². The Morgan fingerprint density at radius 1 is 1.27 bits per heavy atom. The summed E-state index contributed by atoms with van der Waals surface area (Å²) in [6.07, 6.45) is -0.364. The molecule has 0 aromatic heterocycles. The van der Waals surface area contributed by atoms with Crippen LogP contribution in [0.4, 0.5) is 0 Å². The molecule has 0 unspecified atom stereocenters. The molecule has 0 aliphatic rings. The normalized spacial score (nSPS) is 12.1. The number of azide groups is 1. The van der Waals surface area contributed by atoms with Gasteiger partial charge in [-0.15, -0.1) is 0 Å². The fourth-order valence-corrected chi connectivity index (χ4v) is 2.69. The van der Waals surface area contributed by atoms with Gasteiger partial charge in [0.2, 0.25) is 10.0 Å². The molecule has 22 heavy (non-hydrogen) atoms. The van der Waals surface area contributed by atoms with Crippen LogP contribution in [0.2, 0.25) is 0 Å². The van der Waals surface area contributed by atoms with Crippen LogP contribution < -0.4 is 4.72 Å². The molecule has 0 bridgehead atoms. The van der Waals surface area contributed by atoms with E-state index in [4.69, 9.17) is 15.0 Å². The number of hydrogen-bond donors (Lipinski definition) is 1. The first-order valence-electron chi connectivity index (χ1n) is 6.69. The highest BCUT2D eigenvalue weighted by Gasteiger charge is 2.28. The zero-order valence-corrected chi connectivity index (χ0v) is 13.3. The SMILES string of the molecule is CCOC(=O)C[C@H](NS(=O)(=O)CCCN=[N+]=[N-])C(=O)OCC. The number of sulfonamides is 1. The standard InChI is InChI=1S/C11H20N4O6S/c1-3-20-10(16)8-9(11(17)21-4-2)14-22(18,19)7-5-6-13-15-12/h9,14H,3-8H2,1-2H3/t9-/m0/s1. The first-order valence-corrected chi connectivity index (χ1v) is 8.34. The predicted molar refractivity (Wildman–Crippen MR) is 77.2 cm³/mol. The van der Waals surface area contributed by atoms with Gasteiger partial charge in [-0.1, -0.05) is 5.11 Å². The van der Waals surface area contributed by atoms with Gasteiger partial charge in [-0.2, -0.15) is 0 Å².